The fourth-order valence-corrected chi connectivity index (χ4v) is 3.83. The van der Waals surface area contributed by atoms with E-state index in [0.29, 0.717) is 0 Å². The van der Waals surface area contributed by atoms with Crippen molar-refractivity contribution >= 4 is 10.9 Å². The van der Waals surface area contributed by atoms with Crippen molar-refractivity contribution < 1.29 is 0 Å². The summed E-state index contributed by atoms with van der Waals surface area (Å²) in [5.74, 6) is 6.73. The van der Waals surface area contributed by atoms with Crippen LogP contribution in [0.5, 0.6) is 0 Å². The number of para-hydroxylation sites is 1. The summed E-state index contributed by atoms with van der Waals surface area (Å²) in [4.78, 5) is 2.48. The molecule has 0 spiro atoms. The zero-order valence-electron chi connectivity index (χ0n) is 14.8. The highest BCUT2D eigenvalue weighted by atomic mass is 15.1. The first-order chi connectivity index (χ1) is 12.3. The summed E-state index contributed by atoms with van der Waals surface area (Å²) >= 11 is 0. The normalized spacial score (nSPS) is 14.1. The topological polar surface area (TPSA) is 8.17 Å². The minimum absolute atomic E-state index is 0.872. The zero-order valence-corrected chi connectivity index (χ0v) is 14.8. The zero-order chi connectivity index (χ0) is 17.1. The molecule has 0 amide bonds. The third-order valence-electron chi connectivity index (χ3n) is 5.20. The van der Waals surface area contributed by atoms with Crippen molar-refractivity contribution in [1.82, 2.24) is 9.47 Å². The van der Waals surface area contributed by atoms with Gasteiger partial charge in [-0.25, -0.2) is 0 Å². The lowest BCUT2D eigenvalue weighted by Crippen LogP contribution is -2.31. The molecular formula is C23H24N2. The van der Waals surface area contributed by atoms with Crippen molar-refractivity contribution in [1.29, 1.82) is 0 Å². The van der Waals surface area contributed by atoms with Gasteiger partial charge in [-0.15, -0.1) is 5.92 Å². The van der Waals surface area contributed by atoms with Crippen molar-refractivity contribution in [3.63, 3.8) is 0 Å². The van der Waals surface area contributed by atoms with Gasteiger partial charge in [-0.3, -0.25) is 4.90 Å². The molecule has 2 heteroatoms. The molecule has 126 valence electrons. The summed E-state index contributed by atoms with van der Waals surface area (Å²) in [6.07, 6.45) is 3.10. The van der Waals surface area contributed by atoms with Crippen LogP contribution in [0.3, 0.4) is 0 Å². The van der Waals surface area contributed by atoms with Crippen LogP contribution in [-0.4, -0.2) is 22.6 Å². The number of fused-ring (bicyclic) bond motifs is 3. The molecule has 2 nitrogen and oxygen atoms in total. The van der Waals surface area contributed by atoms with Crippen LogP contribution in [0.15, 0.2) is 54.6 Å². The largest absolute Gasteiger partial charge is 0.347 e. The molecule has 2 heterocycles. The van der Waals surface area contributed by atoms with Crippen LogP contribution in [0.1, 0.15) is 23.2 Å². The van der Waals surface area contributed by atoms with Gasteiger partial charge in [0.15, 0.2) is 0 Å². The van der Waals surface area contributed by atoms with E-state index in [4.69, 9.17) is 0 Å². The predicted molar refractivity (Wildman–Crippen MR) is 104 cm³/mol. The van der Waals surface area contributed by atoms with Crippen molar-refractivity contribution in [2.75, 3.05) is 13.1 Å². The summed E-state index contributed by atoms with van der Waals surface area (Å²) < 4.78 is 2.37. The molecule has 0 saturated heterocycles. The maximum atomic E-state index is 3.38. The minimum atomic E-state index is 0.872. The number of rotatable bonds is 3. The van der Waals surface area contributed by atoms with Gasteiger partial charge in [0.05, 0.1) is 6.54 Å². The third-order valence-corrected chi connectivity index (χ3v) is 5.20. The molecular weight excluding hydrogens is 304 g/mol. The second kappa shape index (κ2) is 7.17. The van der Waals surface area contributed by atoms with Crippen LogP contribution < -0.4 is 0 Å². The van der Waals surface area contributed by atoms with Crippen LogP contribution >= 0.6 is 0 Å². The smallest absolute Gasteiger partial charge is 0.0604 e. The van der Waals surface area contributed by atoms with Gasteiger partial charge in [0.25, 0.3) is 0 Å². The minimum Gasteiger partial charge on any atom is -0.347 e. The van der Waals surface area contributed by atoms with E-state index in [1.807, 2.05) is 0 Å². The Morgan fingerprint density at radius 3 is 2.64 bits per heavy atom. The fraction of sp³-hybridized carbons (Fsp3) is 0.304. The van der Waals surface area contributed by atoms with E-state index in [1.54, 1.807) is 0 Å². The van der Waals surface area contributed by atoms with Crippen LogP contribution in [-0.2, 0) is 26.4 Å². The number of benzene rings is 2. The molecule has 2 aromatic carbocycles. The maximum Gasteiger partial charge on any atom is 0.0604 e. The molecule has 0 atom stereocenters. The molecule has 1 aliphatic heterocycles. The first-order valence-corrected chi connectivity index (χ1v) is 9.10. The highest BCUT2D eigenvalue weighted by Gasteiger charge is 2.21. The van der Waals surface area contributed by atoms with E-state index in [1.165, 1.54) is 27.7 Å². The average molecular weight is 328 g/mol. The van der Waals surface area contributed by atoms with E-state index < -0.39 is 0 Å². The second-order valence-electron chi connectivity index (χ2n) is 6.80. The Balaban J connectivity index is 1.39. The van der Waals surface area contributed by atoms with Gasteiger partial charge < -0.3 is 4.57 Å². The highest BCUT2D eigenvalue weighted by Crippen LogP contribution is 2.29. The lowest BCUT2D eigenvalue weighted by atomic mass is 10.0. The summed E-state index contributed by atoms with van der Waals surface area (Å²) in [6, 6.07) is 19.4. The Morgan fingerprint density at radius 2 is 1.76 bits per heavy atom. The molecule has 0 unspecified atom stereocenters. The molecule has 0 fully saturated rings. The molecule has 1 aliphatic rings. The summed E-state index contributed by atoms with van der Waals surface area (Å²) in [7, 11) is 2.19. The monoisotopic (exact) mass is 328 g/mol. The van der Waals surface area contributed by atoms with Gasteiger partial charge in [0, 0.05) is 49.6 Å². The second-order valence-corrected chi connectivity index (χ2v) is 6.80. The molecule has 4 rings (SSSR count). The quantitative estimate of drug-likeness (QED) is 0.655. The first-order valence-electron chi connectivity index (χ1n) is 9.10. The van der Waals surface area contributed by atoms with Gasteiger partial charge in [-0.2, -0.15) is 0 Å². The highest BCUT2D eigenvalue weighted by molar-refractivity contribution is 5.85. The Hall–Kier alpha value is -2.50. The van der Waals surface area contributed by atoms with Crippen LogP contribution in [0.2, 0.25) is 0 Å². The molecule has 0 bridgehead atoms. The van der Waals surface area contributed by atoms with E-state index in [9.17, 15) is 0 Å². The Labute approximate surface area is 150 Å². The van der Waals surface area contributed by atoms with Crippen LogP contribution in [0, 0.1) is 11.8 Å². The van der Waals surface area contributed by atoms with Crippen LogP contribution in [0.4, 0.5) is 0 Å². The summed E-state index contributed by atoms with van der Waals surface area (Å²) in [6.45, 7) is 2.99. The Bertz CT molecular complexity index is 925. The lowest BCUT2D eigenvalue weighted by molar-refractivity contribution is 0.284. The molecule has 1 aromatic heterocycles. The van der Waals surface area contributed by atoms with Crippen LogP contribution in [0.25, 0.3) is 10.9 Å². The van der Waals surface area contributed by atoms with E-state index in [-0.39, 0.29) is 0 Å². The number of hydrogen-bond acceptors (Lipinski definition) is 1. The molecule has 0 radical (unpaired) electrons. The SMILES string of the molecule is Cn1c2c(c3ccccc31)CN(CC#CCCc1ccccc1)CC2. The molecule has 0 saturated carbocycles. The molecule has 3 aromatic rings. The molecule has 0 N–H and O–H groups in total. The third kappa shape index (κ3) is 3.34. The fourth-order valence-electron chi connectivity index (χ4n) is 3.83. The van der Waals surface area contributed by atoms with Gasteiger partial charge in [0.2, 0.25) is 0 Å². The number of nitrogens with zero attached hydrogens (tertiary/aromatic N) is 2. The van der Waals surface area contributed by atoms with E-state index in [2.05, 4.69) is 83.0 Å². The first kappa shape index (κ1) is 16.0. The average Bonchev–Trinajstić information content (AvgIpc) is 2.95. The Kier molecular flexibility index (Phi) is 4.59. The van der Waals surface area contributed by atoms with Crippen molar-refractivity contribution in [3.8, 4) is 11.8 Å². The standard InChI is InChI=1S/C23H24N2/c1-24-22-14-8-7-13-20(22)21-18-25(17-15-23(21)24)16-9-3-6-12-19-10-4-2-5-11-19/h2,4-5,7-8,10-11,13-14H,6,12,15-18H2,1H3. The maximum absolute atomic E-state index is 3.38. The van der Waals surface area contributed by atoms with E-state index in [0.717, 1.165) is 38.9 Å². The molecule has 25 heavy (non-hydrogen) atoms. The van der Waals surface area contributed by atoms with Gasteiger partial charge in [0.1, 0.15) is 0 Å². The molecule has 0 aliphatic carbocycles. The van der Waals surface area contributed by atoms with Gasteiger partial charge >= 0.3 is 0 Å². The Morgan fingerprint density at radius 1 is 0.960 bits per heavy atom. The summed E-state index contributed by atoms with van der Waals surface area (Å²) in [5, 5.41) is 1.40. The number of hydrogen-bond donors (Lipinski definition) is 0. The summed E-state index contributed by atoms with van der Waals surface area (Å²) in [5.41, 5.74) is 5.71. The van der Waals surface area contributed by atoms with Crippen molar-refractivity contribution in [2.45, 2.75) is 25.8 Å². The number of aromatic nitrogens is 1. The lowest BCUT2D eigenvalue weighted by Gasteiger charge is -2.25. The van der Waals surface area contributed by atoms with Crippen molar-refractivity contribution in [3.05, 3.63) is 71.4 Å². The van der Waals surface area contributed by atoms with Gasteiger partial charge in [-0.05, 0) is 23.6 Å². The van der Waals surface area contributed by atoms with Gasteiger partial charge in [-0.1, -0.05) is 54.5 Å². The predicted octanol–water partition coefficient (Wildman–Crippen LogP) is 4.17. The number of aryl methyl sites for hydroxylation is 2. The van der Waals surface area contributed by atoms with E-state index >= 15 is 0 Å². The van der Waals surface area contributed by atoms with Crippen molar-refractivity contribution in [2.24, 2.45) is 7.05 Å².